The number of anilines is 2. The predicted molar refractivity (Wildman–Crippen MR) is 51.7 cm³/mol. The zero-order valence-corrected chi connectivity index (χ0v) is 7.61. The van der Waals surface area contributed by atoms with E-state index in [-0.39, 0.29) is 11.5 Å². The van der Waals surface area contributed by atoms with Crippen LogP contribution in [-0.4, -0.2) is 9.97 Å². The summed E-state index contributed by atoms with van der Waals surface area (Å²) in [5, 5.41) is 2.65. The summed E-state index contributed by atoms with van der Waals surface area (Å²) in [5.74, 6) is -0.868. The molecular formula is C10H7F2N3. The Morgan fingerprint density at radius 3 is 2.60 bits per heavy atom. The lowest BCUT2D eigenvalue weighted by atomic mass is 10.3. The van der Waals surface area contributed by atoms with Crippen LogP contribution in [0.5, 0.6) is 0 Å². The Labute approximate surface area is 84.8 Å². The molecule has 1 aromatic carbocycles. The number of hydrogen-bond acceptors (Lipinski definition) is 3. The minimum atomic E-state index is -0.663. The number of halogens is 2. The highest BCUT2D eigenvalue weighted by atomic mass is 19.1. The zero-order chi connectivity index (χ0) is 10.7. The number of nitrogens with one attached hydrogen (secondary N) is 1. The number of aromatic nitrogens is 2. The third-order valence-electron chi connectivity index (χ3n) is 1.77. The first-order chi connectivity index (χ1) is 7.25. The molecule has 0 amide bonds. The second-order valence-corrected chi connectivity index (χ2v) is 2.83. The molecule has 76 valence electrons. The second-order valence-electron chi connectivity index (χ2n) is 2.83. The largest absolute Gasteiger partial charge is 0.338 e. The molecule has 2 rings (SSSR count). The maximum absolute atomic E-state index is 13.2. The highest BCUT2D eigenvalue weighted by Gasteiger charge is 2.02. The summed E-state index contributed by atoms with van der Waals surface area (Å²) in [6, 6.07) is 7.17. The molecule has 0 radical (unpaired) electrons. The Hall–Kier alpha value is -2.04. The van der Waals surface area contributed by atoms with Gasteiger partial charge in [0.05, 0.1) is 5.69 Å². The molecule has 1 aromatic heterocycles. The maximum atomic E-state index is 13.2. The van der Waals surface area contributed by atoms with Crippen molar-refractivity contribution in [2.24, 2.45) is 0 Å². The van der Waals surface area contributed by atoms with Gasteiger partial charge >= 0.3 is 0 Å². The molecule has 0 spiro atoms. The first-order valence-electron chi connectivity index (χ1n) is 4.25. The summed E-state index contributed by atoms with van der Waals surface area (Å²) in [4.78, 5) is 7.04. The zero-order valence-electron chi connectivity index (χ0n) is 7.61. The van der Waals surface area contributed by atoms with Crippen molar-refractivity contribution in [3.05, 3.63) is 48.4 Å². The van der Waals surface area contributed by atoms with Crippen LogP contribution in [0.3, 0.4) is 0 Å². The van der Waals surface area contributed by atoms with E-state index >= 15 is 0 Å². The SMILES string of the molecule is Fc1cc(Nc2ccccc2F)ncn1. The number of benzene rings is 1. The van der Waals surface area contributed by atoms with Crippen LogP contribution in [0.25, 0.3) is 0 Å². The van der Waals surface area contributed by atoms with Crippen LogP contribution in [-0.2, 0) is 0 Å². The van der Waals surface area contributed by atoms with E-state index in [1.165, 1.54) is 12.1 Å². The van der Waals surface area contributed by atoms with E-state index in [2.05, 4.69) is 15.3 Å². The van der Waals surface area contributed by atoms with Gasteiger partial charge in [0.2, 0.25) is 5.95 Å². The van der Waals surface area contributed by atoms with E-state index < -0.39 is 11.8 Å². The topological polar surface area (TPSA) is 37.8 Å². The monoisotopic (exact) mass is 207 g/mol. The third-order valence-corrected chi connectivity index (χ3v) is 1.77. The molecule has 0 saturated heterocycles. The molecule has 15 heavy (non-hydrogen) atoms. The smallest absolute Gasteiger partial charge is 0.218 e. The Bertz CT molecular complexity index is 474. The van der Waals surface area contributed by atoms with E-state index in [9.17, 15) is 8.78 Å². The number of rotatable bonds is 2. The van der Waals surface area contributed by atoms with Gasteiger partial charge in [-0.25, -0.2) is 14.4 Å². The molecule has 5 heteroatoms. The molecular weight excluding hydrogens is 200 g/mol. The van der Waals surface area contributed by atoms with Gasteiger partial charge in [0.25, 0.3) is 0 Å². The summed E-state index contributed by atoms with van der Waals surface area (Å²) in [5.41, 5.74) is 0.246. The molecule has 3 nitrogen and oxygen atoms in total. The van der Waals surface area contributed by atoms with Crippen LogP contribution < -0.4 is 5.32 Å². The van der Waals surface area contributed by atoms with Crippen LogP contribution in [0.2, 0.25) is 0 Å². The van der Waals surface area contributed by atoms with Crippen molar-refractivity contribution in [3.63, 3.8) is 0 Å². The third kappa shape index (κ3) is 2.25. The molecule has 0 bridgehead atoms. The molecule has 0 unspecified atom stereocenters. The van der Waals surface area contributed by atoms with E-state index in [1.807, 2.05) is 0 Å². The lowest BCUT2D eigenvalue weighted by molar-refractivity contribution is 0.580. The van der Waals surface area contributed by atoms with Crippen molar-refractivity contribution in [2.75, 3.05) is 5.32 Å². The number of hydrogen-bond donors (Lipinski definition) is 1. The summed E-state index contributed by atoms with van der Waals surface area (Å²) in [6.07, 6.45) is 1.07. The first-order valence-corrected chi connectivity index (χ1v) is 4.25. The Kier molecular flexibility index (Phi) is 2.53. The molecule has 0 saturated carbocycles. The van der Waals surface area contributed by atoms with Gasteiger partial charge in [0.15, 0.2) is 0 Å². The highest BCUT2D eigenvalue weighted by molar-refractivity contribution is 5.55. The second kappa shape index (κ2) is 4.00. The maximum Gasteiger partial charge on any atom is 0.218 e. The van der Waals surface area contributed by atoms with E-state index in [4.69, 9.17) is 0 Å². The fourth-order valence-corrected chi connectivity index (χ4v) is 1.10. The van der Waals surface area contributed by atoms with Crippen molar-refractivity contribution < 1.29 is 8.78 Å². The first kappa shape index (κ1) is 9.51. The van der Waals surface area contributed by atoms with E-state index in [0.29, 0.717) is 0 Å². The average molecular weight is 207 g/mol. The molecule has 1 heterocycles. The predicted octanol–water partition coefficient (Wildman–Crippen LogP) is 2.50. The summed E-state index contributed by atoms with van der Waals surface area (Å²) >= 11 is 0. The fourth-order valence-electron chi connectivity index (χ4n) is 1.10. The van der Waals surface area contributed by atoms with Crippen molar-refractivity contribution in [1.82, 2.24) is 9.97 Å². The van der Waals surface area contributed by atoms with E-state index in [0.717, 1.165) is 12.4 Å². The van der Waals surface area contributed by atoms with Crippen molar-refractivity contribution in [1.29, 1.82) is 0 Å². The van der Waals surface area contributed by atoms with Crippen molar-refractivity contribution >= 4 is 11.5 Å². The molecule has 0 aliphatic rings. The minimum absolute atomic E-state index is 0.215. The highest BCUT2D eigenvalue weighted by Crippen LogP contribution is 2.17. The standard InChI is InChI=1S/C10H7F2N3/c11-7-3-1-2-4-8(7)15-10-5-9(12)13-6-14-10/h1-6H,(H,13,14,15). The molecule has 0 atom stereocenters. The summed E-state index contributed by atoms with van der Waals surface area (Å²) in [6.45, 7) is 0. The minimum Gasteiger partial charge on any atom is -0.338 e. The molecule has 0 aliphatic carbocycles. The normalized spacial score (nSPS) is 10.0. The van der Waals surface area contributed by atoms with Gasteiger partial charge in [-0.05, 0) is 12.1 Å². The Balaban J connectivity index is 2.26. The lowest BCUT2D eigenvalue weighted by Gasteiger charge is -2.05. The molecule has 0 aliphatic heterocycles. The van der Waals surface area contributed by atoms with Crippen LogP contribution in [0, 0.1) is 11.8 Å². The van der Waals surface area contributed by atoms with Gasteiger partial charge in [-0.2, -0.15) is 4.39 Å². The van der Waals surface area contributed by atoms with Crippen LogP contribution >= 0.6 is 0 Å². The Morgan fingerprint density at radius 1 is 1.07 bits per heavy atom. The summed E-state index contributed by atoms with van der Waals surface area (Å²) < 4.78 is 25.9. The number of nitrogens with zero attached hydrogens (tertiary/aromatic N) is 2. The molecule has 2 aromatic rings. The fraction of sp³-hybridized carbons (Fsp3) is 0. The molecule has 0 fully saturated rings. The van der Waals surface area contributed by atoms with E-state index in [1.54, 1.807) is 12.1 Å². The Morgan fingerprint density at radius 2 is 1.87 bits per heavy atom. The number of para-hydroxylation sites is 1. The quantitative estimate of drug-likeness (QED) is 0.769. The van der Waals surface area contributed by atoms with Crippen LogP contribution in [0.4, 0.5) is 20.3 Å². The molecule has 1 N–H and O–H groups in total. The van der Waals surface area contributed by atoms with Gasteiger partial charge in [0, 0.05) is 6.07 Å². The van der Waals surface area contributed by atoms with Gasteiger partial charge in [0.1, 0.15) is 18.0 Å². The van der Waals surface area contributed by atoms with Crippen LogP contribution in [0.15, 0.2) is 36.7 Å². The summed E-state index contributed by atoms with van der Waals surface area (Å²) in [7, 11) is 0. The van der Waals surface area contributed by atoms with Crippen molar-refractivity contribution in [2.45, 2.75) is 0 Å². The van der Waals surface area contributed by atoms with Gasteiger partial charge < -0.3 is 5.32 Å². The van der Waals surface area contributed by atoms with Gasteiger partial charge in [-0.3, -0.25) is 0 Å². The van der Waals surface area contributed by atoms with Gasteiger partial charge in [-0.1, -0.05) is 12.1 Å². The lowest BCUT2D eigenvalue weighted by Crippen LogP contribution is -1.97. The average Bonchev–Trinajstić information content (AvgIpc) is 2.22. The van der Waals surface area contributed by atoms with Gasteiger partial charge in [-0.15, -0.1) is 0 Å². The van der Waals surface area contributed by atoms with Crippen LogP contribution in [0.1, 0.15) is 0 Å². The van der Waals surface area contributed by atoms with Crippen molar-refractivity contribution in [3.8, 4) is 0 Å².